The molecule has 1 heterocycles. The van der Waals surface area contributed by atoms with Crippen LogP contribution in [0.25, 0.3) is 0 Å². The van der Waals surface area contributed by atoms with Gasteiger partial charge in [-0.15, -0.1) is 0 Å². The Morgan fingerprint density at radius 2 is 1.90 bits per heavy atom. The molecule has 2 nitrogen and oxygen atoms in total. The summed E-state index contributed by atoms with van der Waals surface area (Å²) in [6, 6.07) is 11.5. The fourth-order valence-corrected chi connectivity index (χ4v) is 3.12. The van der Waals surface area contributed by atoms with Gasteiger partial charge in [0.25, 0.3) is 0 Å². The van der Waals surface area contributed by atoms with E-state index in [1.54, 1.807) is 0 Å². The van der Waals surface area contributed by atoms with Crippen LogP contribution in [0.3, 0.4) is 0 Å². The third-order valence-corrected chi connectivity index (χ3v) is 4.51. The quantitative estimate of drug-likeness (QED) is 0.813. The fourth-order valence-electron chi connectivity index (χ4n) is 3.12. The highest BCUT2D eigenvalue weighted by Gasteiger charge is 2.23. The molecular formula is C18H29NO. The molecule has 0 aliphatic carbocycles. The van der Waals surface area contributed by atoms with Gasteiger partial charge < -0.3 is 10.1 Å². The molecular weight excluding hydrogens is 246 g/mol. The third kappa shape index (κ3) is 4.60. The number of rotatable bonds is 7. The molecule has 0 saturated carbocycles. The first-order valence-corrected chi connectivity index (χ1v) is 8.17. The van der Waals surface area contributed by atoms with E-state index in [2.05, 4.69) is 49.5 Å². The molecule has 20 heavy (non-hydrogen) atoms. The Labute approximate surface area is 123 Å². The molecule has 0 radical (unpaired) electrons. The van der Waals surface area contributed by atoms with E-state index in [4.69, 9.17) is 4.74 Å². The van der Waals surface area contributed by atoms with Crippen LogP contribution < -0.4 is 5.32 Å². The van der Waals surface area contributed by atoms with Crippen molar-refractivity contribution in [3.63, 3.8) is 0 Å². The first-order chi connectivity index (χ1) is 9.81. The van der Waals surface area contributed by atoms with Crippen LogP contribution in [0.1, 0.15) is 51.0 Å². The predicted octanol–water partition coefficient (Wildman–Crippen LogP) is 3.98. The SMILES string of the molecule is CCCNC(CC1CCOCC1)C(C)c1ccccc1. The maximum absolute atomic E-state index is 5.49. The van der Waals surface area contributed by atoms with E-state index in [0.717, 1.165) is 25.7 Å². The van der Waals surface area contributed by atoms with E-state index in [0.29, 0.717) is 12.0 Å². The normalized spacial score (nSPS) is 19.7. The topological polar surface area (TPSA) is 21.3 Å². The van der Waals surface area contributed by atoms with Crippen LogP contribution in [-0.4, -0.2) is 25.8 Å². The Balaban J connectivity index is 1.98. The highest BCUT2D eigenvalue weighted by molar-refractivity contribution is 5.20. The highest BCUT2D eigenvalue weighted by atomic mass is 16.5. The highest BCUT2D eigenvalue weighted by Crippen LogP contribution is 2.27. The number of nitrogens with one attached hydrogen (secondary N) is 1. The molecule has 2 rings (SSSR count). The molecule has 1 N–H and O–H groups in total. The summed E-state index contributed by atoms with van der Waals surface area (Å²) in [4.78, 5) is 0. The Hall–Kier alpha value is -0.860. The van der Waals surface area contributed by atoms with E-state index in [1.807, 2.05) is 0 Å². The zero-order valence-corrected chi connectivity index (χ0v) is 13.0. The second-order valence-electron chi connectivity index (χ2n) is 6.05. The number of ether oxygens (including phenoxy) is 1. The van der Waals surface area contributed by atoms with Crippen molar-refractivity contribution >= 4 is 0 Å². The van der Waals surface area contributed by atoms with E-state index in [1.165, 1.54) is 31.2 Å². The lowest BCUT2D eigenvalue weighted by Gasteiger charge is -2.31. The van der Waals surface area contributed by atoms with Gasteiger partial charge in [0, 0.05) is 19.3 Å². The summed E-state index contributed by atoms with van der Waals surface area (Å²) >= 11 is 0. The van der Waals surface area contributed by atoms with Gasteiger partial charge in [0.15, 0.2) is 0 Å². The Kier molecular flexibility index (Phi) is 6.55. The molecule has 1 fully saturated rings. The molecule has 112 valence electrons. The van der Waals surface area contributed by atoms with Crippen LogP contribution in [0.4, 0.5) is 0 Å². The van der Waals surface area contributed by atoms with E-state index in [9.17, 15) is 0 Å². The lowest BCUT2D eigenvalue weighted by atomic mass is 9.84. The average Bonchev–Trinajstić information content (AvgIpc) is 2.52. The molecule has 1 aromatic rings. The van der Waals surface area contributed by atoms with E-state index < -0.39 is 0 Å². The van der Waals surface area contributed by atoms with Crippen molar-refractivity contribution in [3.8, 4) is 0 Å². The molecule has 0 bridgehead atoms. The fraction of sp³-hybridized carbons (Fsp3) is 0.667. The van der Waals surface area contributed by atoms with Crippen LogP contribution in [-0.2, 0) is 4.74 Å². The monoisotopic (exact) mass is 275 g/mol. The molecule has 2 atom stereocenters. The molecule has 1 aliphatic rings. The van der Waals surface area contributed by atoms with Crippen molar-refractivity contribution in [3.05, 3.63) is 35.9 Å². The van der Waals surface area contributed by atoms with Gasteiger partial charge >= 0.3 is 0 Å². The molecule has 1 aromatic carbocycles. The molecule has 2 heteroatoms. The summed E-state index contributed by atoms with van der Waals surface area (Å²) in [5.74, 6) is 1.40. The smallest absolute Gasteiger partial charge is 0.0468 e. The van der Waals surface area contributed by atoms with Crippen molar-refractivity contribution < 1.29 is 4.74 Å². The van der Waals surface area contributed by atoms with Gasteiger partial charge in [-0.25, -0.2) is 0 Å². The summed E-state index contributed by atoms with van der Waals surface area (Å²) in [6.45, 7) is 7.62. The predicted molar refractivity (Wildman–Crippen MR) is 85.1 cm³/mol. The van der Waals surface area contributed by atoms with Gasteiger partial charge in [-0.05, 0) is 49.6 Å². The zero-order chi connectivity index (χ0) is 14.2. The molecule has 2 unspecified atom stereocenters. The van der Waals surface area contributed by atoms with Gasteiger partial charge in [0.1, 0.15) is 0 Å². The van der Waals surface area contributed by atoms with Crippen molar-refractivity contribution in [1.82, 2.24) is 5.32 Å². The second kappa shape index (κ2) is 8.43. The maximum atomic E-state index is 5.49. The number of benzene rings is 1. The van der Waals surface area contributed by atoms with Crippen molar-refractivity contribution in [1.29, 1.82) is 0 Å². The summed E-state index contributed by atoms with van der Waals surface area (Å²) in [5, 5.41) is 3.77. The first kappa shape index (κ1) is 15.5. The minimum absolute atomic E-state index is 0.575. The Morgan fingerprint density at radius 1 is 1.20 bits per heavy atom. The summed E-state index contributed by atoms with van der Waals surface area (Å²) in [6.07, 6.45) is 4.93. The minimum Gasteiger partial charge on any atom is -0.381 e. The minimum atomic E-state index is 0.575. The van der Waals surface area contributed by atoms with Gasteiger partial charge in [0.2, 0.25) is 0 Å². The number of hydrogen-bond donors (Lipinski definition) is 1. The van der Waals surface area contributed by atoms with Gasteiger partial charge in [-0.2, -0.15) is 0 Å². The second-order valence-corrected chi connectivity index (χ2v) is 6.05. The van der Waals surface area contributed by atoms with Crippen molar-refractivity contribution in [2.75, 3.05) is 19.8 Å². The van der Waals surface area contributed by atoms with Crippen LogP contribution in [0.5, 0.6) is 0 Å². The standard InChI is InChI=1S/C18H29NO/c1-3-11-19-18(14-16-9-12-20-13-10-16)15(2)17-7-5-4-6-8-17/h4-8,15-16,18-19H,3,9-14H2,1-2H3. The first-order valence-electron chi connectivity index (χ1n) is 8.17. The summed E-state index contributed by atoms with van der Waals surface area (Å²) in [7, 11) is 0. The zero-order valence-electron chi connectivity index (χ0n) is 13.0. The van der Waals surface area contributed by atoms with Gasteiger partial charge in [0.05, 0.1) is 0 Å². The summed E-state index contributed by atoms with van der Waals surface area (Å²) < 4.78 is 5.49. The molecule has 1 saturated heterocycles. The molecule has 1 aliphatic heterocycles. The van der Waals surface area contributed by atoms with Crippen molar-refractivity contribution in [2.24, 2.45) is 5.92 Å². The van der Waals surface area contributed by atoms with E-state index >= 15 is 0 Å². The molecule has 0 aromatic heterocycles. The number of hydrogen-bond acceptors (Lipinski definition) is 2. The summed E-state index contributed by atoms with van der Waals surface area (Å²) in [5.41, 5.74) is 1.45. The Morgan fingerprint density at radius 3 is 2.55 bits per heavy atom. The van der Waals surface area contributed by atoms with Crippen molar-refractivity contribution in [2.45, 2.75) is 51.5 Å². The van der Waals surface area contributed by atoms with Crippen LogP contribution in [0, 0.1) is 5.92 Å². The van der Waals surface area contributed by atoms with Crippen LogP contribution >= 0.6 is 0 Å². The third-order valence-electron chi connectivity index (χ3n) is 4.51. The molecule has 0 spiro atoms. The van der Waals surface area contributed by atoms with E-state index in [-0.39, 0.29) is 0 Å². The Bertz CT molecular complexity index is 359. The largest absolute Gasteiger partial charge is 0.381 e. The van der Waals surface area contributed by atoms with Crippen LogP contribution in [0.2, 0.25) is 0 Å². The lowest BCUT2D eigenvalue weighted by molar-refractivity contribution is 0.0596. The lowest BCUT2D eigenvalue weighted by Crippen LogP contribution is -2.37. The maximum Gasteiger partial charge on any atom is 0.0468 e. The van der Waals surface area contributed by atoms with Crippen LogP contribution in [0.15, 0.2) is 30.3 Å². The van der Waals surface area contributed by atoms with Gasteiger partial charge in [-0.3, -0.25) is 0 Å². The molecule has 0 amide bonds. The van der Waals surface area contributed by atoms with Gasteiger partial charge in [-0.1, -0.05) is 44.2 Å². The average molecular weight is 275 g/mol.